The number of fused-ring (bicyclic) bond motifs is 1. The Morgan fingerprint density at radius 1 is 0.765 bits per heavy atom. The van der Waals surface area contributed by atoms with Crippen molar-refractivity contribution in [3.05, 3.63) is 39.5 Å². The zero-order valence-electron chi connectivity index (χ0n) is 11.7. The number of allylic oxidation sites excluding steroid dienone is 1. The van der Waals surface area contributed by atoms with Crippen LogP contribution in [0.3, 0.4) is 0 Å². The summed E-state index contributed by atoms with van der Waals surface area (Å²) in [7, 11) is 0. The SMILES string of the molecule is CCc1c2c(c(CC)c(CC)c1CC)CC=C2. The Kier molecular flexibility index (Phi) is 3.71. The van der Waals surface area contributed by atoms with Crippen molar-refractivity contribution >= 4 is 6.08 Å². The Balaban J connectivity index is 2.77. The van der Waals surface area contributed by atoms with Crippen LogP contribution in [-0.4, -0.2) is 0 Å². The lowest BCUT2D eigenvalue weighted by atomic mass is 9.83. The zero-order valence-corrected chi connectivity index (χ0v) is 11.7. The topological polar surface area (TPSA) is 0 Å². The van der Waals surface area contributed by atoms with Gasteiger partial charge < -0.3 is 0 Å². The molecular weight excluding hydrogens is 204 g/mol. The van der Waals surface area contributed by atoms with Crippen molar-refractivity contribution in [1.29, 1.82) is 0 Å². The molecule has 1 aliphatic carbocycles. The minimum atomic E-state index is 1.16. The summed E-state index contributed by atoms with van der Waals surface area (Å²) in [6.07, 6.45) is 10.6. The van der Waals surface area contributed by atoms with Gasteiger partial charge in [-0.1, -0.05) is 39.8 Å². The first kappa shape index (κ1) is 12.4. The van der Waals surface area contributed by atoms with Crippen LogP contribution < -0.4 is 0 Å². The van der Waals surface area contributed by atoms with E-state index in [0.717, 1.165) is 6.42 Å². The Hall–Kier alpha value is -1.04. The standard InChI is InChI=1S/C17H24/c1-5-12-13(6-2)15(8-4)17-11-9-10-16(17)14(12)7-3/h9-10H,5-8,11H2,1-4H3. The van der Waals surface area contributed by atoms with Gasteiger partial charge in [-0.05, 0) is 65.5 Å². The third-order valence-electron chi connectivity index (χ3n) is 4.13. The van der Waals surface area contributed by atoms with Crippen molar-refractivity contribution in [2.45, 2.75) is 59.8 Å². The molecule has 0 heteroatoms. The van der Waals surface area contributed by atoms with Crippen LogP contribution in [0.1, 0.15) is 61.1 Å². The van der Waals surface area contributed by atoms with Gasteiger partial charge in [-0.3, -0.25) is 0 Å². The molecule has 0 atom stereocenters. The van der Waals surface area contributed by atoms with E-state index in [9.17, 15) is 0 Å². The molecule has 17 heavy (non-hydrogen) atoms. The molecule has 0 fully saturated rings. The molecule has 1 aromatic carbocycles. The van der Waals surface area contributed by atoms with Gasteiger partial charge in [0.25, 0.3) is 0 Å². The molecule has 1 aliphatic rings. The summed E-state index contributed by atoms with van der Waals surface area (Å²) in [6, 6.07) is 0. The van der Waals surface area contributed by atoms with E-state index in [-0.39, 0.29) is 0 Å². The number of benzene rings is 1. The zero-order chi connectivity index (χ0) is 12.4. The highest BCUT2D eigenvalue weighted by Gasteiger charge is 2.20. The number of rotatable bonds is 4. The molecule has 0 radical (unpaired) electrons. The van der Waals surface area contributed by atoms with E-state index in [1.165, 1.54) is 25.7 Å². The van der Waals surface area contributed by atoms with Gasteiger partial charge in [0.1, 0.15) is 0 Å². The van der Waals surface area contributed by atoms with E-state index in [1.54, 1.807) is 33.4 Å². The molecule has 0 aliphatic heterocycles. The molecular formula is C17H24. The van der Waals surface area contributed by atoms with Crippen LogP contribution in [0, 0.1) is 0 Å². The van der Waals surface area contributed by atoms with E-state index < -0.39 is 0 Å². The molecule has 0 spiro atoms. The van der Waals surface area contributed by atoms with Crippen LogP contribution in [0.25, 0.3) is 6.08 Å². The maximum atomic E-state index is 2.35. The molecule has 0 saturated carbocycles. The van der Waals surface area contributed by atoms with E-state index >= 15 is 0 Å². The Morgan fingerprint density at radius 2 is 1.29 bits per heavy atom. The number of hydrogen-bond acceptors (Lipinski definition) is 0. The molecule has 92 valence electrons. The minimum absolute atomic E-state index is 1.16. The van der Waals surface area contributed by atoms with Crippen LogP contribution in [0.2, 0.25) is 0 Å². The third-order valence-corrected chi connectivity index (χ3v) is 4.13. The third kappa shape index (κ3) is 1.84. The molecule has 0 unspecified atom stereocenters. The second-order valence-corrected chi connectivity index (χ2v) is 4.83. The van der Waals surface area contributed by atoms with Gasteiger partial charge in [0, 0.05) is 0 Å². The second kappa shape index (κ2) is 5.08. The summed E-state index contributed by atoms with van der Waals surface area (Å²) in [4.78, 5) is 0. The molecule has 1 aromatic rings. The highest BCUT2D eigenvalue weighted by Crippen LogP contribution is 2.34. The fourth-order valence-corrected chi connectivity index (χ4v) is 3.47. The van der Waals surface area contributed by atoms with Crippen LogP contribution >= 0.6 is 0 Å². The maximum Gasteiger partial charge on any atom is -0.00852 e. The molecule has 0 aromatic heterocycles. The number of hydrogen-bond donors (Lipinski definition) is 0. The van der Waals surface area contributed by atoms with Gasteiger partial charge in [0.2, 0.25) is 0 Å². The van der Waals surface area contributed by atoms with Crippen molar-refractivity contribution in [2.75, 3.05) is 0 Å². The van der Waals surface area contributed by atoms with Gasteiger partial charge in [0.05, 0.1) is 0 Å². The van der Waals surface area contributed by atoms with Gasteiger partial charge in [0.15, 0.2) is 0 Å². The fraction of sp³-hybridized carbons (Fsp3) is 0.529. The predicted octanol–water partition coefficient (Wildman–Crippen LogP) is 4.51. The van der Waals surface area contributed by atoms with E-state index in [2.05, 4.69) is 39.8 Å². The van der Waals surface area contributed by atoms with Crippen molar-refractivity contribution in [2.24, 2.45) is 0 Å². The molecule has 0 saturated heterocycles. The fourth-order valence-electron chi connectivity index (χ4n) is 3.47. The van der Waals surface area contributed by atoms with Crippen LogP contribution in [0.15, 0.2) is 6.08 Å². The smallest absolute Gasteiger partial charge is 0.00852 e. The van der Waals surface area contributed by atoms with Gasteiger partial charge in [-0.15, -0.1) is 0 Å². The molecule has 0 nitrogen and oxygen atoms in total. The normalized spacial score (nSPS) is 13.2. The van der Waals surface area contributed by atoms with Crippen molar-refractivity contribution in [3.63, 3.8) is 0 Å². The molecule has 0 bridgehead atoms. The van der Waals surface area contributed by atoms with Crippen LogP contribution in [0.5, 0.6) is 0 Å². The van der Waals surface area contributed by atoms with E-state index in [1.807, 2.05) is 0 Å². The highest BCUT2D eigenvalue weighted by molar-refractivity contribution is 5.69. The molecule has 0 N–H and O–H groups in total. The molecule has 0 heterocycles. The quantitative estimate of drug-likeness (QED) is 0.711. The monoisotopic (exact) mass is 228 g/mol. The lowest BCUT2D eigenvalue weighted by Crippen LogP contribution is -2.08. The van der Waals surface area contributed by atoms with Crippen molar-refractivity contribution in [3.8, 4) is 0 Å². The Bertz CT molecular complexity index is 450. The van der Waals surface area contributed by atoms with E-state index in [0.29, 0.717) is 0 Å². The predicted molar refractivity (Wildman–Crippen MR) is 76.7 cm³/mol. The summed E-state index contributed by atoms with van der Waals surface area (Å²) >= 11 is 0. The highest BCUT2D eigenvalue weighted by atomic mass is 14.2. The van der Waals surface area contributed by atoms with Crippen LogP contribution in [0.4, 0.5) is 0 Å². The largest absolute Gasteiger partial charge is 0.0795 e. The van der Waals surface area contributed by atoms with Gasteiger partial charge in [-0.25, -0.2) is 0 Å². The summed E-state index contributed by atoms with van der Waals surface area (Å²) < 4.78 is 0. The first-order valence-corrected chi connectivity index (χ1v) is 7.13. The average Bonchev–Trinajstić information content (AvgIpc) is 2.84. The van der Waals surface area contributed by atoms with E-state index in [4.69, 9.17) is 0 Å². The van der Waals surface area contributed by atoms with Crippen LogP contribution in [-0.2, 0) is 32.1 Å². The van der Waals surface area contributed by atoms with Gasteiger partial charge >= 0.3 is 0 Å². The summed E-state index contributed by atoms with van der Waals surface area (Å²) in [6.45, 7) is 9.21. The lowest BCUT2D eigenvalue weighted by molar-refractivity contribution is 0.925. The summed E-state index contributed by atoms with van der Waals surface area (Å²) in [5, 5.41) is 0. The lowest BCUT2D eigenvalue weighted by Gasteiger charge is -2.21. The minimum Gasteiger partial charge on any atom is -0.0795 e. The average molecular weight is 228 g/mol. The Labute approximate surface area is 106 Å². The van der Waals surface area contributed by atoms with Crippen molar-refractivity contribution < 1.29 is 0 Å². The first-order valence-electron chi connectivity index (χ1n) is 7.13. The molecule has 0 amide bonds. The Morgan fingerprint density at radius 3 is 1.82 bits per heavy atom. The summed E-state index contributed by atoms with van der Waals surface area (Å²) in [5.41, 5.74) is 9.72. The molecule has 2 rings (SSSR count). The van der Waals surface area contributed by atoms with Gasteiger partial charge in [-0.2, -0.15) is 0 Å². The second-order valence-electron chi connectivity index (χ2n) is 4.83. The maximum absolute atomic E-state index is 2.35. The van der Waals surface area contributed by atoms with Crippen molar-refractivity contribution in [1.82, 2.24) is 0 Å². The summed E-state index contributed by atoms with van der Waals surface area (Å²) in [5.74, 6) is 0. The first-order chi connectivity index (χ1) is 8.28.